The average molecular weight is 430 g/mol. The van der Waals surface area contributed by atoms with E-state index in [2.05, 4.69) is 16.0 Å². The Morgan fingerprint density at radius 2 is 2.17 bits per heavy atom. The molecule has 4 rings (SSSR count). The average Bonchev–Trinajstić information content (AvgIpc) is 3.09. The van der Waals surface area contributed by atoms with E-state index in [4.69, 9.17) is 26.1 Å². The Kier molecular flexibility index (Phi) is 5.89. The molecule has 0 saturated carbocycles. The Morgan fingerprint density at radius 3 is 2.90 bits per heavy atom. The van der Waals surface area contributed by atoms with E-state index in [1.54, 1.807) is 23.6 Å². The van der Waals surface area contributed by atoms with Crippen LogP contribution in [0.5, 0.6) is 5.88 Å². The van der Waals surface area contributed by atoms with Crippen LogP contribution in [0.15, 0.2) is 24.5 Å². The number of ketones is 1. The van der Waals surface area contributed by atoms with Gasteiger partial charge >= 0.3 is 0 Å². The minimum atomic E-state index is 0.0649. The molecule has 4 heterocycles. The molecule has 0 saturated heterocycles. The van der Waals surface area contributed by atoms with Gasteiger partial charge in [0, 0.05) is 30.8 Å². The van der Waals surface area contributed by atoms with Gasteiger partial charge in [-0.05, 0) is 36.1 Å². The van der Waals surface area contributed by atoms with Crippen molar-refractivity contribution < 1.29 is 14.3 Å². The molecule has 0 radical (unpaired) electrons. The SMILES string of the molecule is COc1ncc(CC(=O)Cc2cnc3sc(C)nc3c2C2=CCOCC2)cc1Cl. The first kappa shape index (κ1) is 19.9. The quantitative estimate of drug-likeness (QED) is 0.584. The molecule has 0 spiro atoms. The van der Waals surface area contributed by atoms with Gasteiger partial charge in [-0.1, -0.05) is 29.0 Å². The lowest BCUT2D eigenvalue weighted by molar-refractivity contribution is -0.117. The van der Waals surface area contributed by atoms with Gasteiger partial charge in [-0.25, -0.2) is 15.0 Å². The Morgan fingerprint density at radius 1 is 1.31 bits per heavy atom. The highest BCUT2D eigenvalue weighted by atomic mass is 35.5. The highest BCUT2D eigenvalue weighted by Crippen LogP contribution is 2.33. The molecule has 150 valence electrons. The number of hydrogen-bond acceptors (Lipinski definition) is 7. The number of nitrogens with zero attached hydrogens (tertiary/aromatic N) is 3. The van der Waals surface area contributed by atoms with E-state index in [0.717, 1.165) is 38.5 Å². The van der Waals surface area contributed by atoms with Crippen LogP contribution in [-0.2, 0) is 22.4 Å². The number of ether oxygens (including phenoxy) is 2. The zero-order valence-corrected chi connectivity index (χ0v) is 17.8. The molecular formula is C21H20ClN3O3S. The van der Waals surface area contributed by atoms with Crippen molar-refractivity contribution in [2.75, 3.05) is 20.3 Å². The Labute approximate surface area is 177 Å². The largest absolute Gasteiger partial charge is 0.480 e. The number of halogens is 1. The van der Waals surface area contributed by atoms with E-state index < -0.39 is 0 Å². The lowest BCUT2D eigenvalue weighted by Gasteiger charge is -2.17. The van der Waals surface area contributed by atoms with Crippen LogP contribution in [0, 0.1) is 6.92 Å². The first-order valence-electron chi connectivity index (χ1n) is 9.27. The second kappa shape index (κ2) is 8.57. The number of aryl methyl sites for hydroxylation is 1. The van der Waals surface area contributed by atoms with Gasteiger partial charge in [0.1, 0.15) is 21.2 Å². The monoisotopic (exact) mass is 429 g/mol. The molecule has 0 bridgehead atoms. The number of fused-ring (bicyclic) bond motifs is 1. The molecule has 3 aromatic heterocycles. The van der Waals surface area contributed by atoms with Gasteiger partial charge in [0.05, 0.1) is 25.3 Å². The van der Waals surface area contributed by atoms with Crippen molar-refractivity contribution in [3.05, 3.63) is 51.3 Å². The van der Waals surface area contributed by atoms with Gasteiger partial charge in [0.25, 0.3) is 0 Å². The highest BCUT2D eigenvalue weighted by Gasteiger charge is 2.20. The van der Waals surface area contributed by atoms with Crippen LogP contribution in [0.25, 0.3) is 15.9 Å². The number of thiazole rings is 1. The topological polar surface area (TPSA) is 74.2 Å². The second-order valence-corrected chi connectivity index (χ2v) is 8.42. The Balaban J connectivity index is 1.64. The molecule has 0 amide bonds. The number of carbonyl (C=O) groups excluding carboxylic acids is 1. The smallest absolute Gasteiger partial charge is 0.232 e. The third-order valence-electron chi connectivity index (χ3n) is 4.74. The van der Waals surface area contributed by atoms with E-state index in [0.29, 0.717) is 24.1 Å². The minimum absolute atomic E-state index is 0.0649. The van der Waals surface area contributed by atoms with E-state index in [1.165, 1.54) is 12.7 Å². The van der Waals surface area contributed by atoms with Crippen LogP contribution in [0.1, 0.15) is 28.1 Å². The normalized spacial score (nSPS) is 14.1. The van der Waals surface area contributed by atoms with Crippen LogP contribution in [0.3, 0.4) is 0 Å². The maximum atomic E-state index is 12.8. The fourth-order valence-electron chi connectivity index (χ4n) is 3.48. The number of pyridine rings is 2. The summed E-state index contributed by atoms with van der Waals surface area (Å²) in [6.45, 7) is 3.22. The van der Waals surface area contributed by atoms with Crippen LogP contribution >= 0.6 is 22.9 Å². The summed E-state index contributed by atoms with van der Waals surface area (Å²) in [5.41, 5.74) is 4.73. The van der Waals surface area contributed by atoms with E-state index >= 15 is 0 Å². The molecule has 3 aromatic rings. The molecule has 6 nitrogen and oxygen atoms in total. The van der Waals surface area contributed by atoms with Crippen LogP contribution in [0.2, 0.25) is 5.02 Å². The van der Waals surface area contributed by atoms with Crippen molar-refractivity contribution in [3.63, 3.8) is 0 Å². The summed E-state index contributed by atoms with van der Waals surface area (Å²) in [6, 6.07) is 1.72. The van der Waals surface area contributed by atoms with Gasteiger partial charge < -0.3 is 9.47 Å². The van der Waals surface area contributed by atoms with Crippen LogP contribution in [-0.4, -0.2) is 41.1 Å². The fourth-order valence-corrected chi connectivity index (χ4v) is 4.51. The van der Waals surface area contributed by atoms with Crippen molar-refractivity contribution >= 4 is 44.6 Å². The summed E-state index contributed by atoms with van der Waals surface area (Å²) in [5, 5.41) is 1.36. The number of hydrogen-bond donors (Lipinski definition) is 0. The van der Waals surface area contributed by atoms with Crippen molar-refractivity contribution in [1.82, 2.24) is 15.0 Å². The summed E-state index contributed by atoms with van der Waals surface area (Å²) in [6.07, 6.45) is 6.82. The fraction of sp³-hybridized carbons (Fsp3) is 0.333. The molecule has 0 fully saturated rings. The van der Waals surface area contributed by atoms with Crippen molar-refractivity contribution in [1.29, 1.82) is 0 Å². The second-order valence-electron chi connectivity index (χ2n) is 6.83. The number of rotatable bonds is 6. The molecule has 0 aliphatic carbocycles. The predicted molar refractivity (Wildman–Crippen MR) is 114 cm³/mol. The van der Waals surface area contributed by atoms with Gasteiger partial charge in [-0.2, -0.15) is 0 Å². The number of Topliss-reactive ketones (excluding diaryl/α,β-unsaturated/α-hetero) is 1. The molecule has 8 heteroatoms. The van der Waals surface area contributed by atoms with E-state index in [-0.39, 0.29) is 18.6 Å². The molecule has 0 aromatic carbocycles. The van der Waals surface area contributed by atoms with Crippen LogP contribution in [0.4, 0.5) is 0 Å². The summed E-state index contributed by atoms with van der Waals surface area (Å²) in [4.78, 5) is 27.1. The molecule has 0 N–H and O–H groups in total. The third-order valence-corrected chi connectivity index (χ3v) is 5.89. The van der Waals surface area contributed by atoms with E-state index in [9.17, 15) is 4.79 Å². The van der Waals surface area contributed by atoms with Crippen molar-refractivity contribution in [3.8, 4) is 5.88 Å². The summed E-state index contributed by atoms with van der Waals surface area (Å²) in [7, 11) is 1.51. The van der Waals surface area contributed by atoms with Crippen LogP contribution < -0.4 is 4.74 Å². The van der Waals surface area contributed by atoms with Gasteiger partial charge in [-0.3, -0.25) is 4.79 Å². The zero-order chi connectivity index (χ0) is 20.4. The molecule has 1 aliphatic heterocycles. The zero-order valence-electron chi connectivity index (χ0n) is 16.2. The number of carbonyl (C=O) groups is 1. The first-order chi connectivity index (χ1) is 14.0. The van der Waals surface area contributed by atoms with Gasteiger partial charge in [-0.15, -0.1) is 0 Å². The standard InChI is InChI=1S/C21H20ClN3O3S/c1-12-25-19-18(14-3-5-28-6-4-14)15(11-24-21(19)29-12)9-16(26)7-13-8-17(22)20(27-2)23-10-13/h3,8,10-11H,4-7,9H2,1-2H3. The first-order valence-corrected chi connectivity index (χ1v) is 10.5. The summed E-state index contributed by atoms with van der Waals surface area (Å²) >= 11 is 7.70. The van der Waals surface area contributed by atoms with Crippen molar-refractivity contribution in [2.24, 2.45) is 0 Å². The Bertz CT molecular complexity index is 1110. The molecule has 1 aliphatic rings. The molecule has 0 atom stereocenters. The molecule has 0 unspecified atom stereocenters. The maximum absolute atomic E-state index is 12.8. The number of methoxy groups -OCH3 is 1. The van der Waals surface area contributed by atoms with E-state index in [1.807, 2.05) is 13.1 Å². The van der Waals surface area contributed by atoms with Gasteiger partial charge in [0.15, 0.2) is 0 Å². The van der Waals surface area contributed by atoms with Crippen molar-refractivity contribution in [2.45, 2.75) is 26.2 Å². The lowest BCUT2D eigenvalue weighted by atomic mass is 9.93. The molecular weight excluding hydrogens is 410 g/mol. The summed E-state index contributed by atoms with van der Waals surface area (Å²) in [5.74, 6) is 0.417. The predicted octanol–water partition coefficient (Wildman–Crippen LogP) is 4.21. The summed E-state index contributed by atoms with van der Waals surface area (Å²) < 4.78 is 10.5. The maximum Gasteiger partial charge on any atom is 0.232 e. The van der Waals surface area contributed by atoms with Gasteiger partial charge in [0.2, 0.25) is 5.88 Å². The highest BCUT2D eigenvalue weighted by molar-refractivity contribution is 7.18. The Hall–Kier alpha value is -2.35. The third kappa shape index (κ3) is 4.32. The lowest BCUT2D eigenvalue weighted by Crippen LogP contribution is -2.11. The minimum Gasteiger partial charge on any atom is -0.480 e. The molecule has 29 heavy (non-hydrogen) atoms. The number of aromatic nitrogens is 3.